The third-order valence-corrected chi connectivity index (χ3v) is 24.1. The number of thiazole rings is 8. The second kappa shape index (κ2) is 54.0. The fourth-order valence-corrected chi connectivity index (χ4v) is 18.3. The Labute approximate surface area is 733 Å². The van der Waals surface area contributed by atoms with Gasteiger partial charge in [-0.1, -0.05) is 192 Å². The van der Waals surface area contributed by atoms with Crippen LogP contribution in [0.1, 0.15) is 44.5 Å². The van der Waals surface area contributed by atoms with Crippen molar-refractivity contribution in [1.29, 1.82) is 0 Å². The predicted molar refractivity (Wildman–Crippen MR) is 483 cm³/mol. The number of hydrogen-bond donors (Lipinski definition) is 0. The molecule has 0 aliphatic carbocycles. The van der Waals surface area contributed by atoms with E-state index in [-0.39, 0.29) is 0 Å². The normalized spacial score (nSPS) is 10.0. The number of benzene rings is 8. The van der Waals surface area contributed by atoms with Crippen molar-refractivity contribution in [3.63, 3.8) is 0 Å². The van der Waals surface area contributed by atoms with Gasteiger partial charge in [-0.2, -0.15) is 36.5 Å². The first kappa shape index (κ1) is 101. The van der Waals surface area contributed by atoms with Crippen LogP contribution in [0.3, 0.4) is 0 Å². The van der Waals surface area contributed by atoms with Gasteiger partial charge in [0.2, 0.25) is 88.2 Å². The molecule has 624 valence electrons. The minimum absolute atomic E-state index is 0.892. The molecule has 16 rings (SSSR count). The maximum atomic E-state index is 9.89. The zero-order valence-electron chi connectivity index (χ0n) is 68.3. The van der Waals surface area contributed by atoms with Gasteiger partial charge in [-0.25, -0.2) is 0 Å². The summed E-state index contributed by atoms with van der Waals surface area (Å²) in [6.45, 7) is 54.1. The van der Waals surface area contributed by atoms with Gasteiger partial charge in [-0.15, -0.1) is 0 Å². The molecule has 8 aromatic heterocycles. The molecule has 0 unspecified atom stereocenters. The number of allylic oxidation sites excluding steroid dienone is 8. The van der Waals surface area contributed by atoms with E-state index in [1.165, 1.54) is 126 Å². The average molecular weight is 1770 g/mol. The third kappa shape index (κ3) is 34.5. The van der Waals surface area contributed by atoms with E-state index in [1.807, 2.05) is 48.6 Å². The van der Waals surface area contributed by atoms with Gasteiger partial charge < -0.3 is 57.5 Å². The lowest BCUT2D eigenvalue weighted by Gasteiger charge is -2.09. The van der Waals surface area contributed by atoms with Crippen molar-refractivity contribution in [3.8, 4) is 0 Å². The first-order valence-corrected chi connectivity index (χ1v) is 44.1. The van der Waals surface area contributed by atoms with Crippen LogP contribution < -0.4 is 76.7 Å². The van der Waals surface area contributed by atoms with Crippen LogP contribution in [0.4, 0.5) is 17.3 Å². The molecule has 0 saturated heterocycles. The van der Waals surface area contributed by atoms with E-state index in [0.29, 0.717) is 0 Å². The topological polar surface area (TPSA) is 216 Å². The Kier molecular flexibility index (Phi) is 45.4. The summed E-state index contributed by atoms with van der Waals surface area (Å²) < 4.78 is 68.1. The molecule has 0 spiro atoms. The van der Waals surface area contributed by atoms with E-state index >= 15 is 0 Å². The standard InChI is InChI=1S/8C11H12NS.4BFO2/c8*1-3-6-12-8-13-11-5-4-9(2)7-10(11)12;4*2-1(3)4/h8*3-5,7-8H,1,6H2,2H3;;;;/q8*+1;4*-2. The van der Waals surface area contributed by atoms with Gasteiger partial charge in [0.15, 0.2) is 52.4 Å². The molecule has 0 atom stereocenters. The number of aromatic nitrogens is 8. The van der Waals surface area contributed by atoms with Crippen molar-refractivity contribution in [3.05, 3.63) is 335 Å². The highest BCUT2D eigenvalue weighted by molar-refractivity contribution is 7.18. The molecule has 0 fully saturated rings. The Bertz CT molecular complexity index is 4860. The van der Waals surface area contributed by atoms with E-state index in [1.54, 1.807) is 90.7 Å². The van der Waals surface area contributed by atoms with E-state index in [4.69, 9.17) is 40.2 Å². The summed E-state index contributed by atoms with van der Waals surface area (Å²) in [4.78, 5) is 0. The molecule has 0 saturated carbocycles. The number of fused-ring (bicyclic) bond motifs is 8. The van der Waals surface area contributed by atoms with Crippen LogP contribution in [0.2, 0.25) is 0 Å². The van der Waals surface area contributed by atoms with Crippen LogP contribution in [0.25, 0.3) is 81.7 Å². The van der Waals surface area contributed by atoms with Gasteiger partial charge in [-0.3, -0.25) is 0 Å². The third-order valence-electron chi connectivity index (χ3n) is 16.5. The second-order valence-electron chi connectivity index (χ2n) is 26.2. The van der Waals surface area contributed by atoms with E-state index < -0.39 is 29.6 Å². The molecule has 0 amide bonds. The summed E-state index contributed by atoms with van der Waals surface area (Å²) >= 11 is 14.2. The largest absolute Gasteiger partial charge is 0.867 e. The van der Waals surface area contributed by atoms with Crippen LogP contribution in [-0.2, 0) is 52.4 Å². The summed E-state index contributed by atoms with van der Waals surface area (Å²) in [5, 5.41) is 66.4. The minimum Gasteiger partial charge on any atom is -0.867 e. The van der Waals surface area contributed by atoms with Gasteiger partial charge in [0.25, 0.3) is 0 Å². The lowest BCUT2D eigenvalue weighted by Crippen LogP contribution is -2.39. The summed E-state index contributed by atoms with van der Waals surface area (Å²) in [6, 6.07) is 52.3. The maximum absolute atomic E-state index is 9.89. The summed E-state index contributed by atoms with van der Waals surface area (Å²) in [5.41, 5.74) is 38.1. The van der Waals surface area contributed by atoms with Gasteiger partial charge in [-0.05, 0) is 197 Å². The molecule has 16 nitrogen and oxygen atoms in total. The maximum Gasteiger partial charge on any atom is 0.226 e. The average Bonchev–Trinajstić information content (AvgIpc) is 1.76. The summed E-state index contributed by atoms with van der Waals surface area (Å²) in [6.07, 6.45) is 15.4. The number of hydrogen-bond acceptors (Lipinski definition) is 16. The van der Waals surface area contributed by atoms with Gasteiger partial charge in [0.1, 0.15) is 67.2 Å². The summed E-state index contributed by atoms with van der Waals surface area (Å²) in [7, 11) is -12.7. The first-order chi connectivity index (χ1) is 57.4. The smallest absolute Gasteiger partial charge is 0.226 e. The van der Waals surface area contributed by atoms with Crippen LogP contribution in [-0.4, -0.2) is 29.6 Å². The monoisotopic (exact) mass is 1770 g/mol. The second-order valence-corrected chi connectivity index (χ2v) is 33.3. The lowest BCUT2D eigenvalue weighted by molar-refractivity contribution is -0.656. The van der Waals surface area contributed by atoms with Crippen molar-refractivity contribution in [2.24, 2.45) is 0 Å². The fraction of sp³-hybridized carbons (Fsp3) is 0.182. The van der Waals surface area contributed by atoms with Crippen LogP contribution in [0, 0.1) is 55.4 Å². The number of rotatable bonds is 16. The molecule has 0 bridgehead atoms. The Morgan fingerprint density at radius 1 is 0.217 bits per heavy atom. The van der Waals surface area contributed by atoms with Gasteiger partial charge in [0, 0.05) is 48.5 Å². The zero-order valence-corrected chi connectivity index (χ0v) is 74.9. The Hall–Kier alpha value is -9.54. The molecule has 16 aromatic rings. The predicted octanol–water partition coefficient (Wildman–Crippen LogP) is 12.1. The summed E-state index contributed by atoms with van der Waals surface area (Å²) in [5.74, 6) is 0. The molecular weight excluding hydrogens is 1670 g/mol. The molecule has 8 aromatic carbocycles. The molecule has 120 heavy (non-hydrogen) atoms. The fourth-order valence-electron chi connectivity index (χ4n) is 11.3. The van der Waals surface area contributed by atoms with Crippen LogP contribution in [0.5, 0.6) is 0 Å². The highest BCUT2D eigenvalue weighted by Gasteiger charge is 2.16. The lowest BCUT2D eigenvalue weighted by atomic mass is 10.2. The van der Waals surface area contributed by atoms with E-state index in [2.05, 4.69) is 334 Å². The van der Waals surface area contributed by atoms with Gasteiger partial charge >= 0.3 is 0 Å². The van der Waals surface area contributed by atoms with Crippen molar-refractivity contribution in [2.45, 2.75) is 108 Å². The Morgan fingerprint density at radius 3 is 0.392 bits per heavy atom. The van der Waals surface area contributed by atoms with Crippen molar-refractivity contribution >= 4 is 202 Å². The first-order valence-electron chi connectivity index (χ1n) is 37.1. The molecule has 0 aliphatic rings. The SMILES string of the molecule is C=CC[n+]1csc2ccc(C)cc21.C=CC[n+]1csc2ccc(C)cc21.C=CC[n+]1csc2ccc(C)cc21.C=CC[n+]1csc2ccc(C)cc21.C=CC[n+]1csc2ccc(C)cc21.C=CC[n+]1csc2ccc(C)cc21.C=CC[n+]1csc2ccc(C)cc21.C=CC[n+]1csc2ccc(C)cc21.[O-]B([O-])F.[O-]B([O-])F.[O-]B([O-])F.[O-]B([O-])F. The molecular formula is C88H96B4F4N8O8S8. The Balaban J connectivity index is 0.000000238. The quantitative estimate of drug-likeness (QED) is 0.0391. The molecule has 8 heterocycles. The van der Waals surface area contributed by atoms with Gasteiger partial charge in [0.05, 0.1) is 0 Å². The van der Waals surface area contributed by atoms with Crippen LogP contribution in [0.15, 0.2) is 291 Å². The number of aryl methyl sites for hydroxylation is 8. The molecule has 0 aliphatic heterocycles. The van der Waals surface area contributed by atoms with Crippen molar-refractivity contribution in [1.82, 2.24) is 0 Å². The highest BCUT2D eigenvalue weighted by Crippen LogP contribution is 2.24. The zero-order chi connectivity index (χ0) is 88.4. The van der Waals surface area contributed by atoms with Crippen molar-refractivity contribution < 1.29 is 94.0 Å². The number of halogens is 4. The van der Waals surface area contributed by atoms with E-state index in [0.717, 1.165) is 52.4 Å². The Morgan fingerprint density at radius 2 is 0.308 bits per heavy atom. The number of nitrogens with zero attached hydrogens (tertiary/aromatic N) is 8. The molecule has 0 radical (unpaired) electrons. The minimum atomic E-state index is -3.17. The highest BCUT2D eigenvalue weighted by atomic mass is 32.1. The molecule has 32 heteroatoms. The molecule has 0 N–H and O–H groups in total. The van der Waals surface area contributed by atoms with Crippen LogP contribution >= 0.6 is 90.7 Å². The van der Waals surface area contributed by atoms with Crippen molar-refractivity contribution in [2.75, 3.05) is 0 Å². The van der Waals surface area contributed by atoms with E-state index in [9.17, 15) is 17.3 Å².